The van der Waals surface area contributed by atoms with Crippen molar-refractivity contribution in [2.45, 2.75) is 11.8 Å². The number of halogens is 1. The molecule has 27 heavy (non-hydrogen) atoms. The molecule has 136 valence electrons. The van der Waals surface area contributed by atoms with Gasteiger partial charge in [0.2, 0.25) is 5.91 Å². The van der Waals surface area contributed by atoms with E-state index in [1.54, 1.807) is 47.6 Å². The molecule has 4 rings (SSSR count). The lowest BCUT2D eigenvalue weighted by Gasteiger charge is -2.15. The molecule has 0 spiro atoms. The second kappa shape index (κ2) is 7.28. The number of hydrogen-bond donors (Lipinski definition) is 1. The monoisotopic (exact) mass is 381 g/mol. The number of nitrogen functional groups attached to an aromatic ring is 1. The number of furan rings is 1. The van der Waals surface area contributed by atoms with E-state index in [1.807, 2.05) is 12.1 Å². The van der Waals surface area contributed by atoms with E-state index in [9.17, 15) is 9.18 Å². The minimum absolute atomic E-state index is 0.101. The molecule has 0 radical (unpaired) electrons. The molecule has 1 saturated heterocycles. The van der Waals surface area contributed by atoms with E-state index in [-0.39, 0.29) is 18.3 Å². The average molecular weight is 381 g/mol. The number of benzene rings is 2. The highest BCUT2D eigenvalue weighted by atomic mass is 32.2. The van der Waals surface area contributed by atoms with Crippen molar-refractivity contribution in [1.29, 1.82) is 0 Å². The maximum atomic E-state index is 13.5. The van der Waals surface area contributed by atoms with Gasteiger partial charge in [0.05, 0.1) is 18.5 Å². The third kappa shape index (κ3) is 3.73. The zero-order chi connectivity index (χ0) is 18.8. The van der Waals surface area contributed by atoms with E-state index in [4.69, 9.17) is 10.2 Å². The van der Waals surface area contributed by atoms with Crippen molar-refractivity contribution in [2.75, 3.05) is 5.73 Å². The molecule has 5 nitrogen and oxygen atoms in total. The first kappa shape index (κ1) is 17.4. The van der Waals surface area contributed by atoms with E-state index in [0.29, 0.717) is 22.3 Å². The predicted octanol–water partition coefficient (Wildman–Crippen LogP) is 4.51. The minimum atomic E-state index is -0.437. The number of hydrogen-bond acceptors (Lipinski definition) is 5. The van der Waals surface area contributed by atoms with Crippen LogP contribution in [0.3, 0.4) is 0 Å². The fourth-order valence-corrected chi connectivity index (χ4v) is 3.96. The van der Waals surface area contributed by atoms with E-state index >= 15 is 0 Å². The first-order chi connectivity index (χ1) is 13.1. The van der Waals surface area contributed by atoms with Crippen molar-refractivity contribution in [3.63, 3.8) is 0 Å². The number of amidine groups is 1. The standard InChI is InChI=1S/C20H16FN3O2S/c21-14-3-1-4-16(11-14)23-20-24(12-17-5-2-10-26-17)19(25)18(27-20)13-6-8-15(22)9-7-13/h1-11,18H,12,22H2/b23-20+. The molecular formula is C20H16FN3O2S. The fraction of sp³-hybridized carbons (Fsp3) is 0.100. The number of anilines is 1. The third-order valence-electron chi connectivity index (χ3n) is 4.11. The molecule has 2 aromatic carbocycles. The molecule has 1 unspecified atom stereocenters. The Hall–Kier alpha value is -3.06. The lowest BCUT2D eigenvalue weighted by Crippen LogP contribution is -2.29. The summed E-state index contributed by atoms with van der Waals surface area (Å²) in [7, 11) is 0. The Morgan fingerprint density at radius 3 is 2.67 bits per heavy atom. The minimum Gasteiger partial charge on any atom is -0.467 e. The van der Waals surface area contributed by atoms with Crippen molar-refractivity contribution < 1.29 is 13.6 Å². The van der Waals surface area contributed by atoms with Crippen LogP contribution in [0.15, 0.2) is 76.3 Å². The zero-order valence-electron chi connectivity index (χ0n) is 14.2. The van der Waals surface area contributed by atoms with Gasteiger partial charge in [-0.2, -0.15) is 0 Å². The van der Waals surface area contributed by atoms with Gasteiger partial charge in [0, 0.05) is 5.69 Å². The molecule has 7 heteroatoms. The van der Waals surface area contributed by atoms with Crippen LogP contribution in [0.4, 0.5) is 15.8 Å². The van der Waals surface area contributed by atoms with Crippen LogP contribution in [0.1, 0.15) is 16.6 Å². The van der Waals surface area contributed by atoms with E-state index in [0.717, 1.165) is 5.56 Å². The second-order valence-corrected chi connectivity index (χ2v) is 7.11. The van der Waals surface area contributed by atoms with Crippen molar-refractivity contribution in [3.05, 3.63) is 84.1 Å². The van der Waals surface area contributed by atoms with Gasteiger partial charge in [-0.15, -0.1) is 0 Å². The van der Waals surface area contributed by atoms with Gasteiger partial charge in [-0.05, 0) is 48.0 Å². The molecule has 1 fully saturated rings. The Kier molecular flexibility index (Phi) is 4.68. The summed E-state index contributed by atoms with van der Waals surface area (Å²) >= 11 is 1.33. The molecule has 3 aromatic rings. The maximum absolute atomic E-state index is 13.5. The molecule has 1 aromatic heterocycles. The van der Waals surface area contributed by atoms with Crippen LogP contribution in [0.5, 0.6) is 0 Å². The number of rotatable bonds is 4. The lowest BCUT2D eigenvalue weighted by atomic mass is 10.1. The molecule has 0 saturated carbocycles. The average Bonchev–Trinajstić information content (AvgIpc) is 3.26. The first-order valence-electron chi connectivity index (χ1n) is 8.30. The summed E-state index contributed by atoms with van der Waals surface area (Å²) in [5.74, 6) is 0.170. The van der Waals surface area contributed by atoms with Crippen LogP contribution in [-0.2, 0) is 11.3 Å². The highest BCUT2D eigenvalue weighted by Crippen LogP contribution is 2.41. The van der Waals surface area contributed by atoms with Crippen LogP contribution in [0.2, 0.25) is 0 Å². The summed E-state index contributed by atoms with van der Waals surface area (Å²) in [5.41, 5.74) is 7.67. The van der Waals surface area contributed by atoms with Gasteiger partial charge in [0.1, 0.15) is 16.8 Å². The highest BCUT2D eigenvalue weighted by Gasteiger charge is 2.39. The normalized spacial score (nSPS) is 18.4. The van der Waals surface area contributed by atoms with Crippen LogP contribution in [0.25, 0.3) is 0 Å². The number of carbonyl (C=O) groups excluding carboxylic acids is 1. The number of aliphatic imine (C=N–C) groups is 1. The Morgan fingerprint density at radius 2 is 1.96 bits per heavy atom. The molecule has 2 N–H and O–H groups in total. The maximum Gasteiger partial charge on any atom is 0.247 e. The van der Waals surface area contributed by atoms with Crippen molar-refractivity contribution in [3.8, 4) is 0 Å². The molecule has 0 aliphatic carbocycles. The van der Waals surface area contributed by atoms with Crippen LogP contribution in [0, 0.1) is 5.82 Å². The van der Waals surface area contributed by atoms with E-state index in [1.165, 1.54) is 23.9 Å². The van der Waals surface area contributed by atoms with Gasteiger partial charge in [-0.1, -0.05) is 30.0 Å². The van der Waals surface area contributed by atoms with Crippen molar-refractivity contribution in [2.24, 2.45) is 4.99 Å². The van der Waals surface area contributed by atoms with E-state index < -0.39 is 5.25 Å². The molecule has 0 bridgehead atoms. The Morgan fingerprint density at radius 1 is 1.15 bits per heavy atom. The molecular weight excluding hydrogens is 365 g/mol. The van der Waals surface area contributed by atoms with Gasteiger partial charge in [-0.25, -0.2) is 9.38 Å². The summed E-state index contributed by atoms with van der Waals surface area (Å²) in [6.45, 7) is 0.262. The second-order valence-electron chi connectivity index (χ2n) is 6.04. The Balaban J connectivity index is 1.70. The van der Waals surface area contributed by atoms with Crippen molar-refractivity contribution in [1.82, 2.24) is 4.90 Å². The molecule has 1 aliphatic heterocycles. The number of nitrogens with two attached hydrogens (primary N) is 1. The molecule has 2 heterocycles. The first-order valence-corrected chi connectivity index (χ1v) is 9.18. The predicted molar refractivity (Wildman–Crippen MR) is 104 cm³/mol. The lowest BCUT2D eigenvalue weighted by molar-refractivity contribution is -0.126. The SMILES string of the molecule is Nc1ccc(C2S/C(=N/c3cccc(F)c3)N(Cc3ccco3)C2=O)cc1. The van der Waals surface area contributed by atoms with Crippen LogP contribution in [-0.4, -0.2) is 16.0 Å². The topological polar surface area (TPSA) is 71.8 Å². The molecule has 1 amide bonds. The zero-order valence-corrected chi connectivity index (χ0v) is 15.0. The summed E-state index contributed by atoms with van der Waals surface area (Å²) < 4.78 is 18.9. The smallest absolute Gasteiger partial charge is 0.247 e. The highest BCUT2D eigenvalue weighted by molar-refractivity contribution is 8.15. The van der Waals surface area contributed by atoms with Gasteiger partial charge < -0.3 is 10.2 Å². The largest absolute Gasteiger partial charge is 0.467 e. The number of amides is 1. The van der Waals surface area contributed by atoms with Gasteiger partial charge in [-0.3, -0.25) is 9.69 Å². The van der Waals surface area contributed by atoms with Gasteiger partial charge >= 0.3 is 0 Å². The summed E-state index contributed by atoms with van der Waals surface area (Å²) in [6, 6.07) is 16.7. The Labute approximate surface area is 159 Å². The summed E-state index contributed by atoms with van der Waals surface area (Å²) in [5, 5.41) is 0.0664. The summed E-state index contributed by atoms with van der Waals surface area (Å²) in [6.07, 6.45) is 1.56. The Bertz CT molecular complexity index is 987. The number of nitrogens with zero attached hydrogens (tertiary/aromatic N) is 2. The van der Waals surface area contributed by atoms with Gasteiger partial charge in [0.25, 0.3) is 0 Å². The number of carbonyl (C=O) groups is 1. The molecule has 1 atom stereocenters. The quantitative estimate of drug-likeness (QED) is 0.675. The van der Waals surface area contributed by atoms with Crippen LogP contribution >= 0.6 is 11.8 Å². The third-order valence-corrected chi connectivity index (χ3v) is 5.34. The molecule has 1 aliphatic rings. The van der Waals surface area contributed by atoms with Crippen molar-refractivity contribution >= 4 is 34.2 Å². The fourth-order valence-electron chi connectivity index (χ4n) is 2.78. The summed E-state index contributed by atoms with van der Waals surface area (Å²) in [4.78, 5) is 19.1. The van der Waals surface area contributed by atoms with E-state index in [2.05, 4.69) is 4.99 Å². The van der Waals surface area contributed by atoms with Gasteiger partial charge in [0.15, 0.2) is 5.17 Å². The van der Waals surface area contributed by atoms with Crippen LogP contribution < -0.4 is 5.73 Å². The number of thioether (sulfide) groups is 1.